The molecule has 1 aliphatic heterocycles. The summed E-state index contributed by atoms with van der Waals surface area (Å²) in [6, 6.07) is 14.4. The predicted molar refractivity (Wildman–Crippen MR) is 92.3 cm³/mol. The van der Waals surface area contributed by atoms with Gasteiger partial charge < -0.3 is 4.57 Å². The van der Waals surface area contributed by atoms with Gasteiger partial charge in [-0.05, 0) is 42.1 Å². The fraction of sp³-hybridized carbons (Fsp3) is 0. The lowest BCUT2D eigenvalue weighted by atomic mass is 10.1. The standard InChI is InChI=1S/C18H11FN2O2S/c19-13-7-4-8-14-16(13)11(9-15-17(22)20-18(23)24-15)10-21(14)12-5-2-1-3-6-12/h1-10H,(H,20,22,23). The van der Waals surface area contributed by atoms with E-state index in [1.54, 1.807) is 18.3 Å². The van der Waals surface area contributed by atoms with Gasteiger partial charge in [-0.1, -0.05) is 24.3 Å². The van der Waals surface area contributed by atoms with E-state index in [2.05, 4.69) is 5.32 Å². The average molecular weight is 338 g/mol. The third-order valence-corrected chi connectivity index (χ3v) is 4.58. The van der Waals surface area contributed by atoms with E-state index in [1.165, 1.54) is 6.07 Å². The molecular formula is C18H11FN2O2S. The Morgan fingerprint density at radius 2 is 1.83 bits per heavy atom. The number of carbonyl (C=O) groups is 2. The van der Waals surface area contributed by atoms with Crippen LogP contribution in [0.4, 0.5) is 9.18 Å². The zero-order valence-electron chi connectivity index (χ0n) is 12.3. The number of carbonyl (C=O) groups excluding carboxylic acids is 2. The van der Waals surface area contributed by atoms with Gasteiger partial charge in [0.2, 0.25) is 0 Å². The average Bonchev–Trinajstić information content (AvgIpc) is 3.10. The number of benzene rings is 2. The van der Waals surface area contributed by atoms with Gasteiger partial charge in [0.1, 0.15) is 5.82 Å². The number of fused-ring (bicyclic) bond motifs is 1. The van der Waals surface area contributed by atoms with Crippen LogP contribution in [0.15, 0.2) is 59.6 Å². The van der Waals surface area contributed by atoms with Gasteiger partial charge in [0.25, 0.3) is 11.1 Å². The van der Waals surface area contributed by atoms with E-state index < -0.39 is 11.1 Å². The van der Waals surface area contributed by atoms with E-state index in [1.807, 2.05) is 41.0 Å². The van der Waals surface area contributed by atoms with Crippen molar-refractivity contribution in [3.63, 3.8) is 0 Å². The molecule has 6 heteroatoms. The topological polar surface area (TPSA) is 51.1 Å². The van der Waals surface area contributed by atoms with Gasteiger partial charge in [0.15, 0.2) is 0 Å². The van der Waals surface area contributed by atoms with Crippen LogP contribution < -0.4 is 5.32 Å². The Labute approximate surface area is 141 Å². The zero-order chi connectivity index (χ0) is 16.7. The molecule has 1 aliphatic rings. The Kier molecular flexibility index (Phi) is 3.46. The Balaban J connectivity index is 1.95. The third kappa shape index (κ3) is 2.41. The highest BCUT2D eigenvalue weighted by atomic mass is 32.2. The minimum Gasteiger partial charge on any atom is -0.316 e. The van der Waals surface area contributed by atoms with E-state index >= 15 is 0 Å². The van der Waals surface area contributed by atoms with Gasteiger partial charge in [0.05, 0.1) is 10.4 Å². The van der Waals surface area contributed by atoms with Crippen LogP contribution in [-0.4, -0.2) is 15.7 Å². The van der Waals surface area contributed by atoms with Crippen molar-refractivity contribution in [3.05, 3.63) is 71.0 Å². The Bertz CT molecular complexity index is 1010. The van der Waals surface area contributed by atoms with Crippen LogP contribution in [0.1, 0.15) is 5.56 Å². The van der Waals surface area contributed by atoms with Gasteiger partial charge in [-0.25, -0.2) is 4.39 Å². The van der Waals surface area contributed by atoms with Crippen LogP contribution in [-0.2, 0) is 4.79 Å². The summed E-state index contributed by atoms with van der Waals surface area (Å²) in [5.41, 5.74) is 2.14. The van der Waals surface area contributed by atoms with Gasteiger partial charge in [-0.3, -0.25) is 14.9 Å². The van der Waals surface area contributed by atoms with Crippen LogP contribution in [0.3, 0.4) is 0 Å². The third-order valence-electron chi connectivity index (χ3n) is 3.77. The van der Waals surface area contributed by atoms with Crippen molar-refractivity contribution in [1.29, 1.82) is 0 Å². The second-order valence-corrected chi connectivity index (χ2v) is 6.29. The Morgan fingerprint density at radius 1 is 1.04 bits per heavy atom. The summed E-state index contributed by atoms with van der Waals surface area (Å²) in [6.07, 6.45) is 3.32. The number of aromatic nitrogens is 1. The first kappa shape index (κ1) is 14.7. The van der Waals surface area contributed by atoms with Crippen molar-refractivity contribution in [3.8, 4) is 5.69 Å². The molecule has 1 N–H and O–H groups in total. The number of nitrogens with zero attached hydrogens (tertiary/aromatic N) is 1. The maximum Gasteiger partial charge on any atom is 0.290 e. The summed E-state index contributed by atoms with van der Waals surface area (Å²) < 4.78 is 16.3. The molecule has 2 heterocycles. The van der Waals surface area contributed by atoms with Crippen molar-refractivity contribution in [1.82, 2.24) is 9.88 Å². The van der Waals surface area contributed by atoms with Crippen LogP contribution in [0.2, 0.25) is 0 Å². The summed E-state index contributed by atoms with van der Waals surface area (Å²) >= 11 is 0.818. The Morgan fingerprint density at radius 3 is 2.54 bits per heavy atom. The number of rotatable bonds is 2. The summed E-state index contributed by atoms with van der Waals surface area (Å²) in [7, 11) is 0. The van der Waals surface area contributed by atoms with Gasteiger partial charge >= 0.3 is 0 Å². The predicted octanol–water partition coefficient (Wildman–Crippen LogP) is 4.09. The molecule has 0 aliphatic carbocycles. The lowest BCUT2D eigenvalue weighted by molar-refractivity contribution is -0.115. The monoisotopic (exact) mass is 338 g/mol. The number of amides is 2. The number of hydrogen-bond acceptors (Lipinski definition) is 3. The van der Waals surface area contributed by atoms with Crippen molar-refractivity contribution in [2.45, 2.75) is 0 Å². The first-order valence-corrected chi connectivity index (χ1v) is 8.05. The molecule has 0 unspecified atom stereocenters. The van der Waals surface area contributed by atoms with Crippen molar-refractivity contribution in [2.75, 3.05) is 0 Å². The second-order valence-electron chi connectivity index (χ2n) is 5.28. The maximum atomic E-state index is 14.4. The van der Waals surface area contributed by atoms with E-state index in [9.17, 15) is 14.0 Å². The van der Waals surface area contributed by atoms with Crippen LogP contribution in [0, 0.1) is 5.82 Å². The molecule has 0 atom stereocenters. The summed E-state index contributed by atoms with van der Waals surface area (Å²) in [6.45, 7) is 0. The Hall–Kier alpha value is -2.86. The first-order valence-electron chi connectivity index (χ1n) is 7.23. The number of para-hydroxylation sites is 1. The second kappa shape index (κ2) is 5.65. The largest absolute Gasteiger partial charge is 0.316 e. The zero-order valence-corrected chi connectivity index (χ0v) is 13.1. The SMILES string of the molecule is O=C1NC(=O)C(=Cc2cn(-c3ccccc3)c3cccc(F)c23)S1. The molecular weight excluding hydrogens is 327 g/mol. The summed E-state index contributed by atoms with van der Waals surface area (Å²) in [5, 5.41) is 2.20. The molecule has 2 amide bonds. The lowest BCUT2D eigenvalue weighted by Gasteiger charge is -2.04. The molecule has 24 heavy (non-hydrogen) atoms. The molecule has 0 bridgehead atoms. The fourth-order valence-electron chi connectivity index (χ4n) is 2.75. The normalized spacial score (nSPS) is 16.1. The molecule has 118 valence electrons. The van der Waals surface area contributed by atoms with Gasteiger partial charge in [-0.15, -0.1) is 0 Å². The van der Waals surface area contributed by atoms with Crippen LogP contribution in [0.25, 0.3) is 22.7 Å². The molecule has 0 saturated carbocycles. The molecule has 1 fully saturated rings. The van der Waals surface area contributed by atoms with Crippen LogP contribution >= 0.6 is 11.8 Å². The molecule has 1 aromatic heterocycles. The number of nitrogens with one attached hydrogen (secondary N) is 1. The molecule has 0 radical (unpaired) electrons. The highest BCUT2D eigenvalue weighted by molar-refractivity contribution is 8.18. The van der Waals surface area contributed by atoms with Crippen molar-refractivity contribution < 1.29 is 14.0 Å². The summed E-state index contributed by atoms with van der Waals surface area (Å²) in [4.78, 5) is 23.3. The quantitative estimate of drug-likeness (QED) is 0.716. The minimum absolute atomic E-state index is 0.260. The molecule has 1 saturated heterocycles. The number of halogens is 1. The molecule has 4 rings (SSSR count). The molecule has 3 aromatic rings. The van der Waals surface area contributed by atoms with Crippen molar-refractivity contribution in [2.24, 2.45) is 0 Å². The summed E-state index contributed by atoms with van der Waals surface area (Å²) in [5.74, 6) is -0.828. The van der Waals surface area contributed by atoms with E-state index in [0.717, 1.165) is 17.4 Å². The lowest BCUT2D eigenvalue weighted by Crippen LogP contribution is -2.17. The minimum atomic E-state index is -0.457. The smallest absolute Gasteiger partial charge is 0.290 e. The molecule has 0 spiro atoms. The number of imide groups is 1. The number of hydrogen-bond donors (Lipinski definition) is 1. The van der Waals surface area contributed by atoms with Gasteiger partial charge in [-0.2, -0.15) is 0 Å². The molecule has 2 aromatic carbocycles. The highest BCUT2D eigenvalue weighted by Crippen LogP contribution is 2.32. The fourth-order valence-corrected chi connectivity index (χ4v) is 3.42. The molecule has 4 nitrogen and oxygen atoms in total. The maximum absolute atomic E-state index is 14.4. The highest BCUT2D eigenvalue weighted by Gasteiger charge is 2.26. The van der Waals surface area contributed by atoms with Gasteiger partial charge in [0, 0.05) is 22.8 Å². The van der Waals surface area contributed by atoms with Crippen LogP contribution in [0.5, 0.6) is 0 Å². The van der Waals surface area contributed by atoms with Crippen molar-refractivity contribution >= 4 is 39.9 Å². The van der Waals surface area contributed by atoms with E-state index in [0.29, 0.717) is 16.5 Å². The van der Waals surface area contributed by atoms with E-state index in [-0.39, 0.29) is 10.7 Å². The first-order chi connectivity index (χ1) is 11.6. The number of thioether (sulfide) groups is 1. The van der Waals surface area contributed by atoms with E-state index in [4.69, 9.17) is 0 Å².